The molecule has 0 saturated heterocycles. The van der Waals surface area contributed by atoms with Crippen LogP contribution in [0.5, 0.6) is 0 Å². The van der Waals surface area contributed by atoms with Gasteiger partial charge in [-0.1, -0.05) is 18.2 Å². The third kappa shape index (κ3) is 2.84. The van der Waals surface area contributed by atoms with E-state index < -0.39 is 0 Å². The zero-order valence-electron chi connectivity index (χ0n) is 9.45. The van der Waals surface area contributed by atoms with E-state index in [1.165, 1.54) is 12.1 Å². The van der Waals surface area contributed by atoms with Crippen molar-refractivity contribution < 1.29 is 4.39 Å². The van der Waals surface area contributed by atoms with Gasteiger partial charge in [0.25, 0.3) is 0 Å². The van der Waals surface area contributed by atoms with Crippen molar-refractivity contribution in [3.8, 4) is 0 Å². The quantitative estimate of drug-likeness (QED) is 0.827. The number of rotatable bonds is 2. The van der Waals surface area contributed by atoms with Crippen LogP contribution in [-0.2, 0) is 0 Å². The van der Waals surface area contributed by atoms with Crippen molar-refractivity contribution >= 4 is 22.6 Å². The Hall–Kier alpha value is -0.940. The average molecular weight is 341 g/mol. The van der Waals surface area contributed by atoms with E-state index in [9.17, 15) is 4.39 Å². The van der Waals surface area contributed by atoms with E-state index in [0.717, 1.165) is 20.3 Å². The minimum Gasteiger partial charge on any atom is -0.320 e. The Morgan fingerprint density at radius 1 is 1.12 bits per heavy atom. The molecule has 2 rings (SSSR count). The second-order valence-electron chi connectivity index (χ2n) is 4.03. The van der Waals surface area contributed by atoms with Gasteiger partial charge in [-0.05, 0) is 70.5 Å². The number of halogens is 2. The van der Waals surface area contributed by atoms with Crippen molar-refractivity contribution in [2.75, 3.05) is 0 Å². The molecule has 2 aromatic rings. The molecular formula is C14H13FIN. The molecule has 0 amide bonds. The highest BCUT2D eigenvalue weighted by Gasteiger charge is 2.12. The smallest absolute Gasteiger partial charge is 0.123 e. The van der Waals surface area contributed by atoms with E-state index in [-0.39, 0.29) is 11.9 Å². The average Bonchev–Trinajstić information content (AvgIpc) is 2.32. The van der Waals surface area contributed by atoms with Gasteiger partial charge in [-0.3, -0.25) is 0 Å². The predicted molar refractivity (Wildman–Crippen MR) is 76.3 cm³/mol. The molecule has 2 aromatic carbocycles. The standard InChI is InChI=1S/C14H13FIN/c1-9-2-5-11(15)8-13(9)14(17)10-3-6-12(16)7-4-10/h2-8,14H,17H2,1H3. The molecule has 88 valence electrons. The molecule has 17 heavy (non-hydrogen) atoms. The number of benzene rings is 2. The molecule has 0 fully saturated rings. The largest absolute Gasteiger partial charge is 0.320 e. The Morgan fingerprint density at radius 2 is 1.76 bits per heavy atom. The minimum absolute atomic E-state index is 0.244. The summed E-state index contributed by atoms with van der Waals surface area (Å²) in [6.45, 7) is 1.95. The van der Waals surface area contributed by atoms with Gasteiger partial charge in [-0.15, -0.1) is 0 Å². The fourth-order valence-corrected chi connectivity index (χ4v) is 2.16. The Bertz CT molecular complexity index is 522. The summed E-state index contributed by atoms with van der Waals surface area (Å²) in [4.78, 5) is 0. The summed E-state index contributed by atoms with van der Waals surface area (Å²) in [6.07, 6.45) is 0. The van der Waals surface area contributed by atoms with Crippen molar-refractivity contribution in [2.45, 2.75) is 13.0 Å². The van der Waals surface area contributed by atoms with Crippen molar-refractivity contribution in [3.05, 3.63) is 68.5 Å². The zero-order valence-corrected chi connectivity index (χ0v) is 11.6. The first-order chi connectivity index (χ1) is 8.08. The summed E-state index contributed by atoms with van der Waals surface area (Å²) in [5.41, 5.74) is 9.02. The molecule has 0 aromatic heterocycles. The van der Waals surface area contributed by atoms with Crippen LogP contribution in [0, 0.1) is 16.3 Å². The van der Waals surface area contributed by atoms with Crippen LogP contribution in [0.3, 0.4) is 0 Å². The lowest BCUT2D eigenvalue weighted by Crippen LogP contribution is -2.13. The summed E-state index contributed by atoms with van der Waals surface area (Å²) < 4.78 is 14.4. The number of hydrogen-bond acceptors (Lipinski definition) is 1. The zero-order chi connectivity index (χ0) is 12.4. The first-order valence-electron chi connectivity index (χ1n) is 5.35. The molecule has 1 unspecified atom stereocenters. The molecule has 0 aliphatic carbocycles. The fraction of sp³-hybridized carbons (Fsp3) is 0.143. The molecular weight excluding hydrogens is 328 g/mol. The first kappa shape index (κ1) is 12.5. The van der Waals surface area contributed by atoms with Gasteiger partial charge < -0.3 is 5.73 Å². The summed E-state index contributed by atoms with van der Waals surface area (Å²) in [6, 6.07) is 12.4. The number of hydrogen-bond donors (Lipinski definition) is 1. The van der Waals surface area contributed by atoms with Crippen molar-refractivity contribution in [3.63, 3.8) is 0 Å². The van der Waals surface area contributed by atoms with Gasteiger partial charge in [0, 0.05) is 3.57 Å². The molecule has 0 radical (unpaired) electrons. The summed E-state index contributed by atoms with van der Waals surface area (Å²) >= 11 is 2.25. The van der Waals surface area contributed by atoms with Gasteiger partial charge in [-0.25, -0.2) is 4.39 Å². The first-order valence-corrected chi connectivity index (χ1v) is 6.43. The van der Waals surface area contributed by atoms with E-state index in [1.54, 1.807) is 6.07 Å². The highest BCUT2D eigenvalue weighted by atomic mass is 127. The molecule has 1 atom stereocenters. The van der Waals surface area contributed by atoms with E-state index in [0.29, 0.717) is 0 Å². The van der Waals surface area contributed by atoms with Crippen LogP contribution >= 0.6 is 22.6 Å². The molecule has 2 N–H and O–H groups in total. The van der Waals surface area contributed by atoms with E-state index >= 15 is 0 Å². The predicted octanol–water partition coefficient (Wildman–Crippen LogP) is 3.79. The molecule has 0 saturated carbocycles. The van der Waals surface area contributed by atoms with Crippen LogP contribution in [0.2, 0.25) is 0 Å². The molecule has 0 aliphatic heterocycles. The van der Waals surface area contributed by atoms with Crippen LogP contribution in [0.1, 0.15) is 22.7 Å². The normalized spacial score (nSPS) is 12.5. The van der Waals surface area contributed by atoms with Crippen molar-refractivity contribution in [1.29, 1.82) is 0 Å². The Kier molecular flexibility index (Phi) is 3.79. The van der Waals surface area contributed by atoms with Crippen LogP contribution in [0.4, 0.5) is 4.39 Å². The molecule has 0 spiro atoms. The maximum atomic E-state index is 13.2. The Balaban J connectivity index is 2.39. The monoisotopic (exact) mass is 341 g/mol. The van der Waals surface area contributed by atoms with Gasteiger partial charge >= 0.3 is 0 Å². The van der Waals surface area contributed by atoms with Crippen LogP contribution < -0.4 is 5.73 Å². The third-order valence-corrected chi connectivity index (χ3v) is 3.52. The summed E-state index contributed by atoms with van der Waals surface area (Å²) in [7, 11) is 0. The molecule has 0 aliphatic rings. The van der Waals surface area contributed by atoms with Crippen molar-refractivity contribution in [1.82, 2.24) is 0 Å². The SMILES string of the molecule is Cc1ccc(F)cc1C(N)c1ccc(I)cc1. The lowest BCUT2D eigenvalue weighted by molar-refractivity contribution is 0.622. The van der Waals surface area contributed by atoms with Crippen LogP contribution in [0.25, 0.3) is 0 Å². The maximum absolute atomic E-state index is 13.2. The van der Waals surface area contributed by atoms with E-state index in [2.05, 4.69) is 22.6 Å². The van der Waals surface area contributed by atoms with Crippen LogP contribution in [-0.4, -0.2) is 0 Å². The fourth-order valence-electron chi connectivity index (χ4n) is 1.80. The van der Waals surface area contributed by atoms with Gasteiger partial charge in [0.2, 0.25) is 0 Å². The van der Waals surface area contributed by atoms with E-state index in [4.69, 9.17) is 5.73 Å². The minimum atomic E-state index is -0.275. The Morgan fingerprint density at radius 3 is 2.41 bits per heavy atom. The summed E-state index contributed by atoms with van der Waals surface area (Å²) in [5, 5.41) is 0. The lowest BCUT2D eigenvalue weighted by Gasteiger charge is -2.15. The van der Waals surface area contributed by atoms with Crippen LogP contribution in [0.15, 0.2) is 42.5 Å². The van der Waals surface area contributed by atoms with Gasteiger partial charge in [0.15, 0.2) is 0 Å². The highest BCUT2D eigenvalue weighted by Crippen LogP contribution is 2.24. The van der Waals surface area contributed by atoms with E-state index in [1.807, 2.05) is 31.2 Å². The van der Waals surface area contributed by atoms with Gasteiger partial charge in [-0.2, -0.15) is 0 Å². The number of aryl methyl sites for hydroxylation is 1. The van der Waals surface area contributed by atoms with Gasteiger partial charge in [0.1, 0.15) is 5.82 Å². The molecule has 0 heterocycles. The summed E-state index contributed by atoms with van der Waals surface area (Å²) in [5.74, 6) is -0.244. The third-order valence-electron chi connectivity index (χ3n) is 2.81. The number of nitrogens with two attached hydrogens (primary N) is 1. The lowest BCUT2D eigenvalue weighted by atomic mass is 9.96. The highest BCUT2D eigenvalue weighted by molar-refractivity contribution is 14.1. The van der Waals surface area contributed by atoms with Crippen molar-refractivity contribution in [2.24, 2.45) is 5.73 Å². The second kappa shape index (κ2) is 5.14. The molecule has 1 nitrogen and oxygen atoms in total. The van der Waals surface area contributed by atoms with Gasteiger partial charge in [0.05, 0.1) is 6.04 Å². The topological polar surface area (TPSA) is 26.0 Å². The molecule has 3 heteroatoms. The molecule has 0 bridgehead atoms. The second-order valence-corrected chi connectivity index (χ2v) is 5.28. The Labute approximate surface area is 114 Å². The maximum Gasteiger partial charge on any atom is 0.123 e.